The van der Waals surface area contributed by atoms with E-state index < -0.39 is 5.41 Å². The predicted octanol–water partition coefficient (Wildman–Crippen LogP) is 6.24. The average molecular weight is 622 g/mol. The standard InChI is InChI=1S/C29H22N4.Pt/c1-29(2,27-30-25(21-13-5-3-6-14-21)23-17-9-11-19-32(23)27)28-31-26(22-15-7-4-8-16-22)24-18-10-12-20-33(24)28;/h3-13,15,17-20H,1-2H3;/q-2;+2. The molecule has 4 aromatic heterocycles. The third kappa shape index (κ3) is 3.50. The first-order valence-electron chi connectivity index (χ1n) is 11.0. The molecular weight excluding hydrogens is 599 g/mol. The Balaban J connectivity index is 0.00000241. The molecule has 2 aromatic carbocycles. The summed E-state index contributed by atoms with van der Waals surface area (Å²) in [5, 5.41) is 0. The van der Waals surface area contributed by atoms with Gasteiger partial charge in [0.15, 0.2) is 0 Å². The average Bonchev–Trinajstić information content (AvgIpc) is 3.46. The van der Waals surface area contributed by atoms with E-state index in [0.29, 0.717) is 0 Å². The van der Waals surface area contributed by atoms with Crippen molar-refractivity contribution < 1.29 is 21.1 Å². The summed E-state index contributed by atoms with van der Waals surface area (Å²) in [5.74, 6) is 1.87. The number of rotatable bonds is 4. The van der Waals surface area contributed by atoms with Crippen LogP contribution in [0.15, 0.2) is 97.3 Å². The first-order chi connectivity index (χ1) is 16.1. The Labute approximate surface area is 213 Å². The molecule has 0 saturated carbocycles. The van der Waals surface area contributed by atoms with Crippen molar-refractivity contribution in [3.8, 4) is 22.5 Å². The van der Waals surface area contributed by atoms with Crippen LogP contribution < -0.4 is 0 Å². The predicted molar refractivity (Wildman–Crippen MR) is 131 cm³/mol. The number of hydrogen-bond donors (Lipinski definition) is 0. The quantitative estimate of drug-likeness (QED) is 0.219. The SMILES string of the molecule is CC(C)(c1nc(-c2[c-]cccc2)c2ccccn12)c1nc(-c2[c-]cccc2)c2ccccn12.[Pt+2]. The van der Waals surface area contributed by atoms with Gasteiger partial charge >= 0.3 is 21.1 Å². The number of pyridine rings is 2. The minimum Gasteiger partial charge on any atom is -0.312 e. The molecule has 6 rings (SSSR count). The number of nitrogens with zero attached hydrogens (tertiary/aromatic N) is 4. The van der Waals surface area contributed by atoms with Crippen molar-refractivity contribution in [2.24, 2.45) is 0 Å². The third-order valence-electron chi connectivity index (χ3n) is 6.14. The molecule has 0 spiro atoms. The molecule has 0 aliphatic heterocycles. The van der Waals surface area contributed by atoms with E-state index in [1.165, 1.54) is 0 Å². The number of aromatic nitrogens is 4. The number of imidazole rings is 2. The van der Waals surface area contributed by atoms with E-state index in [1.54, 1.807) is 0 Å². The van der Waals surface area contributed by atoms with Gasteiger partial charge in [0.1, 0.15) is 11.6 Å². The van der Waals surface area contributed by atoms with Crippen molar-refractivity contribution in [1.29, 1.82) is 0 Å². The molecule has 0 fully saturated rings. The van der Waals surface area contributed by atoms with Gasteiger partial charge in [0.05, 0.1) is 5.41 Å². The molecule has 5 heteroatoms. The Kier molecular flexibility index (Phi) is 5.71. The van der Waals surface area contributed by atoms with Crippen molar-refractivity contribution in [2.75, 3.05) is 0 Å². The maximum absolute atomic E-state index is 5.17. The molecule has 4 heterocycles. The molecule has 34 heavy (non-hydrogen) atoms. The molecule has 0 radical (unpaired) electrons. The molecule has 6 aromatic rings. The first-order valence-corrected chi connectivity index (χ1v) is 11.0. The largest absolute Gasteiger partial charge is 2.00 e. The summed E-state index contributed by atoms with van der Waals surface area (Å²) in [6.07, 6.45) is 4.15. The van der Waals surface area contributed by atoms with E-state index in [9.17, 15) is 0 Å². The van der Waals surface area contributed by atoms with Crippen LogP contribution in [0.3, 0.4) is 0 Å². The zero-order valence-corrected chi connectivity index (χ0v) is 21.1. The van der Waals surface area contributed by atoms with Crippen molar-refractivity contribution in [2.45, 2.75) is 19.3 Å². The second kappa shape index (κ2) is 8.70. The summed E-state index contributed by atoms with van der Waals surface area (Å²) >= 11 is 0. The Morgan fingerprint density at radius 1 is 0.618 bits per heavy atom. The van der Waals surface area contributed by atoms with Crippen molar-refractivity contribution in [3.63, 3.8) is 0 Å². The van der Waals surface area contributed by atoms with Crippen LogP contribution in [-0.2, 0) is 26.5 Å². The van der Waals surface area contributed by atoms with Gasteiger partial charge in [-0.15, -0.1) is 71.8 Å². The summed E-state index contributed by atoms with van der Waals surface area (Å²) in [4.78, 5) is 10.3. The Bertz CT molecular complexity index is 1460. The van der Waals surface area contributed by atoms with Crippen molar-refractivity contribution >= 4 is 11.0 Å². The van der Waals surface area contributed by atoms with Gasteiger partial charge < -0.3 is 8.80 Å². The molecule has 168 valence electrons. The topological polar surface area (TPSA) is 34.6 Å². The van der Waals surface area contributed by atoms with Gasteiger partial charge in [-0.05, 0) is 38.1 Å². The first kappa shape index (κ1) is 22.3. The van der Waals surface area contributed by atoms with Gasteiger partial charge in [-0.1, -0.05) is 12.1 Å². The van der Waals surface area contributed by atoms with Gasteiger partial charge in [0.2, 0.25) is 0 Å². The minimum absolute atomic E-state index is 0. The smallest absolute Gasteiger partial charge is 0.312 e. The zero-order valence-electron chi connectivity index (χ0n) is 18.8. The summed E-state index contributed by atoms with van der Waals surface area (Å²) in [6.45, 7) is 4.38. The molecule has 0 aliphatic rings. The van der Waals surface area contributed by atoms with Gasteiger partial charge in [-0.25, -0.2) is 0 Å². The second-order valence-corrected chi connectivity index (χ2v) is 8.66. The third-order valence-corrected chi connectivity index (χ3v) is 6.14. The number of fused-ring (bicyclic) bond motifs is 2. The fraction of sp³-hybridized carbons (Fsp3) is 0.103. The van der Waals surface area contributed by atoms with Crippen LogP contribution in [0, 0.1) is 12.1 Å². The Morgan fingerprint density at radius 2 is 1.06 bits per heavy atom. The van der Waals surface area contributed by atoms with Crippen LogP contribution >= 0.6 is 0 Å². The molecule has 0 atom stereocenters. The number of benzene rings is 2. The van der Waals surface area contributed by atoms with Crippen LogP contribution in [0.1, 0.15) is 25.5 Å². The van der Waals surface area contributed by atoms with Gasteiger partial charge in [-0.2, -0.15) is 0 Å². The summed E-state index contributed by atoms with van der Waals surface area (Å²) < 4.78 is 4.35. The van der Waals surface area contributed by atoms with Gasteiger partial charge in [0, 0.05) is 34.8 Å². The van der Waals surface area contributed by atoms with Crippen molar-refractivity contribution in [3.05, 3.63) is 121 Å². The van der Waals surface area contributed by atoms with E-state index in [1.807, 2.05) is 48.5 Å². The molecular formula is C29H22N4Pt. The Morgan fingerprint density at radius 3 is 1.47 bits per heavy atom. The fourth-order valence-electron chi connectivity index (χ4n) is 4.54. The minimum atomic E-state index is -0.478. The van der Waals surface area contributed by atoms with Crippen LogP contribution in [0.4, 0.5) is 0 Å². The molecule has 4 nitrogen and oxygen atoms in total. The van der Waals surface area contributed by atoms with E-state index in [4.69, 9.17) is 9.97 Å². The van der Waals surface area contributed by atoms with Crippen LogP contribution in [0.2, 0.25) is 0 Å². The van der Waals surface area contributed by atoms with Gasteiger partial charge in [0.25, 0.3) is 0 Å². The second-order valence-electron chi connectivity index (χ2n) is 8.66. The number of hydrogen-bond acceptors (Lipinski definition) is 2. The maximum atomic E-state index is 5.17. The molecule has 0 bridgehead atoms. The van der Waals surface area contributed by atoms with E-state index in [2.05, 4.69) is 83.6 Å². The van der Waals surface area contributed by atoms with Crippen LogP contribution in [0.5, 0.6) is 0 Å². The molecule has 0 saturated heterocycles. The van der Waals surface area contributed by atoms with E-state index in [0.717, 1.165) is 45.2 Å². The summed E-state index contributed by atoms with van der Waals surface area (Å²) in [5.41, 5.74) is 5.45. The molecule has 0 N–H and O–H groups in total. The zero-order chi connectivity index (χ0) is 22.4. The summed E-state index contributed by atoms with van der Waals surface area (Å²) in [6, 6.07) is 35.0. The van der Waals surface area contributed by atoms with E-state index >= 15 is 0 Å². The monoisotopic (exact) mass is 621 g/mol. The van der Waals surface area contributed by atoms with Crippen molar-refractivity contribution in [1.82, 2.24) is 18.8 Å². The van der Waals surface area contributed by atoms with Crippen LogP contribution in [-0.4, -0.2) is 18.8 Å². The summed E-state index contributed by atoms with van der Waals surface area (Å²) in [7, 11) is 0. The van der Waals surface area contributed by atoms with E-state index in [-0.39, 0.29) is 21.1 Å². The maximum Gasteiger partial charge on any atom is 2.00 e. The van der Waals surface area contributed by atoms with Gasteiger partial charge in [-0.3, -0.25) is 9.97 Å². The normalized spacial score (nSPS) is 11.6. The Hall–Kier alpha value is -3.49. The molecule has 0 unspecified atom stereocenters. The molecule has 0 amide bonds. The molecule has 0 aliphatic carbocycles. The fourth-order valence-corrected chi connectivity index (χ4v) is 4.54. The van der Waals surface area contributed by atoms with Crippen LogP contribution in [0.25, 0.3) is 33.5 Å².